The second-order valence-electron chi connectivity index (χ2n) is 6.05. The van der Waals surface area contributed by atoms with Crippen molar-refractivity contribution in [2.45, 2.75) is 26.3 Å². The Morgan fingerprint density at radius 2 is 2.04 bits per heavy atom. The van der Waals surface area contributed by atoms with Gasteiger partial charge in [-0.3, -0.25) is 14.2 Å². The van der Waals surface area contributed by atoms with Crippen molar-refractivity contribution < 1.29 is 18.7 Å². The average molecular weight is 403 g/mol. The summed E-state index contributed by atoms with van der Waals surface area (Å²) in [6.45, 7) is 1.97. The summed E-state index contributed by atoms with van der Waals surface area (Å²) in [7, 11) is 0. The number of nitrogens with zero attached hydrogens (tertiary/aromatic N) is 2. The van der Waals surface area contributed by atoms with Crippen molar-refractivity contribution in [1.29, 1.82) is 0 Å². The smallest absolute Gasteiger partial charge is 0.339 e. The van der Waals surface area contributed by atoms with E-state index >= 15 is 0 Å². The van der Waals surface area contributed by atoms with Crippen molar-refractivity contribution in [2.24, 2.45) is 0 Å². The highest BCUT2D eigenvalue weighted by Crippen LogP contribution is 2.21. The van der Waals surface area contributed by atoms with Gasteiger partial charge < -0.3 is 10.1 Å². The van der Waals surface area contributed by atoms with E-state index in [0.717, 1.165) is 17.4 Å². The Hall–Kier alpha value is -3.07. The number of nitrogens with one attached hydrogen (secondary N) is 1. The third kappa shape index (κ3) is 4.42. The summed E-state index contributed by atoms with van der Waals surface area (Å²) in [5, 5.41) is 4.26. The van der Waals surface area contributed by atoms with Gasteiger partial charge in [-0.1, -0.05) is 13.3 Å². The normalized spacial score (nSPS) is 10.8. The molecule has 0 radical (unpaired) electrons. The Kier molecular flexibility index (Phi) is 6.15. The molecule has 2 aromatic heterocycles. The van der Waals surface area contributed by atoms with Crippen molar-refractivity contribution >= 4 is 39.1 Å². The van der Waals surface area contributed by atoms with Gasteiger partial charge in [-0.25, -0.2) is 14.2 Å². The van der Waals surface area contributed by atoms with E-state index in [1.54, 1.807) is 0 Å². The number of carbonyl (C=O) groups is 2. The van der Waals surface area contributed by atoms with Crippen LogP contribution in [0.4, 0.5) is 10.1 Å². The van der Waals surface area contributed by atoms with Crippen LogP contribution < -0.4 is 10.9 Å². The van der Waals surface area contributed by atoms with Crippen LogP contribution in [-0.2, 0) is 16.1 Å². The first kappa shape index (κ1) is 19.7. The summed E-state index contributed by atoms with van der Waals surface area (Å²) < 4.78 is 19.2. The van der Waals surface area contributed by atoms with Crippen molar-refractivity contribution in [3.8, 4) is 0 Å². The van der Waals surface area contributed by atoms with Gasteiger partial charge in [-0.05, 0) is 30.7 Å². The first-order valence-electron chi connectivity index (χ1n) is 8.68. The molecule has 0 aliphatic rings. The summed E-state index contributed by atoms with van der Waals surface area (Å²) in [4.78, 5) is 41.8. The summed E-state index contributed by atoms with van der Waals surface area (Å²) in [6.07, 6.45) is 2.88. The van der Waals surface area contributed by atoms with Crippen LogP contribution >= 0.6 is 11.3 Å². The third-order valence-electron chi connectivity index (χ3n) is 3.95. The predicted octanol–water partition coefficient (Wildman–Crippen LogP) is 3.19. The lowest BCUT2D eigenvalue weighted by Crippen LogP contribution is -2.28. The molecule has 3 aromatic rings. The number of halogens is 1. The monoisotopic (exact) mass is 403 g/mol. The first-order valence-corrected chi connectivity index (χ1v) is 9.56. The lowest BCUT2D eigenvalue weighted by atomic mass is 10.2. The second kappa shape index (κ2) is 8.75. The van der Waals surface area contributed by atoms with Crippen LogP contribution in [0.25, 0.3) is 10.2 Å². The van der Waals surface area contributed by atoms with E-state index in [1.165, 1.54) is 47.3 Å². The van der Waals surface area contributed by atoms with E-state index < -0.39 is 23.3 Å². The van der Waals surface area contributed by atoms with Gasteiger partial charge in [0.15, 0.2) is 0 Å². The summed E-state index contributed by atoms with van der Waals surface area (Å²) in [6, 6.07) is 5.27. The quantitative estimate of drug-likeness (QED) is 0.483. The Bertz CT molecular complexity index is 1060. The molecule has 2 heterocycles. The minimum absolute atomic E-state index is 0.142. The molecule has 0 atom stereocenters. The number of ether oxygens (including phenoxy) is 1. The molecule has 1 amide bonds. The minimum atomic E-state index is -0.577. The van der Waals surface area contributed by atoms with Gasteiger partial charge >= 0.3 is 5.97 Å². The zero-order chi connectivity index (χ0) is 20.1. The summed E-state index contributed by atoms with van der Waals surface area (Å²) in [5.41, 5.74) is 0.0639. The van der Waals surface area contributed by atoms with E-state index in [0.29, 0.717) is 10.5 Å². The van der Waals surface area contributed by atoms with Crippen LogP contribution in [0.1, 0.15) is 30.1 Å². The second-order valence-corrected chi connectivity index (χ2v) is 6.91. The maximum Gasteiger partial charge on any atom is 0.339 e. The molecule has 0 spiro atoms. The highest BCUT2D eigenvalue weighted by molar-refractivity contribution is 7.17. The highest BCUT2D eigenvalue weighted by Gasteiger charge is 2.19. The molecule has 28 heavy (non-hydrogen) atoms. The fourth-order valence-corrected chi connectivity index (χ4v) is 3.37. The van der Waals surface area contributed by atoms with Gasteiger partial charge in [-0.2, -0.15) is 0 Å². The van der Waals surface area contributed by atoms with Crippen LogP contribution in [-0.4, -0.2) is 28.0 Å². The van der Waals surface area contributed by atoms with Crippen LogP contribution in [0.3, 0.4) is 0 Å². The molecule has 0 saturated carbocycles. The van der Waals surface area contributed by atoms with E-state index in [9.17, 15) is 18.8 Å². The van der Waals surface area contributed by atoms with Crippen LogP contribution in [0.5, 0.6) is 0 Å². The molecule has 1 aromatic carbocycles. The molecule has 0 bridgehead atoms. The number of anilines is 1. The molecule has 3 rings (SSSR count). The molecular weight excluding hydrogens is 385 g/mol. The van der Waals surface area contributed by atoms with Gasteiger partial charge in [0.2, 0.25) is 5.91 Å². The van der Waals surface area contributed by atoms with Gasteiger partial charge in [0, 0.05) is 11.1 Å². The SMILES string of the molecule is CCCCOC(=O)c1csc2ncn(CC(=O)Nc3ccc(F)cc3)c(=O)c12. The molecule has 0 saturated heterocycles. The maximum atomic E-state index is 12.9. The topological polar surface area (TPSA) is 90.3 Å². The highest BCUT2D eigenvalue weighted by atomic mass is 32.1. The lowest BCUT2D eigenvalue weighted by molar-refractivity contribution is -0.116. The van der Waals surface area contributed by atoms with E-state index in [4.69, 9.17) is 4.74 Å². The van der Waals surface area contributed by atoms with Crippen LogP contribution in [0, 0.1) is 5.82 Å². The van der Waals surface area contributed by atoms with Gasteiger partial charge in [-0.15, -0.1) is 11.3 Å². The largest absolute Gasteiger partial charge is 0.462 e. The molecule has 9 heteroatoms. The number of aromatic nitrogens is 2. The van der Waals surface area contributed by atoms with Gasteiger partial charge in [0.05, 0.1) is 23.9 Å². The Labute approximate surface area is 163 Å². The number of unbranched alkanes of at least 4 members (excludes halogenated alkanes) is 1. The van der Waals surface area contributed by atoms with Crippen molar-refractivity contribution in [3.63, 3.8) is 0 Å². The predicted molar refractivity (Wildman–Crippen MR) is 104 cm³/mol. The van der Waals surface area contributed by atoms with Gasteiger partial charge in [0.1, 0.15) is 17.2 Å². The number of hydrogen-bond acceptors (Lipinski definition) is 6. The molecule has 7 nitrogen and oxygen atoms in total. The van der Waals surface area contributed by atoms with Gasteiger partial charge in [0.25, 0.3) is 5.56 Å². The first-order chi connectivity index (χ1) is 13.5. The number of thiophene rings is 1. The Balaban J connectivity index is 1.80. The molecule has 0 aliphatic carbocycles. The number of fused-ring (bicyclic) bond motifs is 1. The van der Waals surface area contributed by atoms with Crippen molar-refractivity contribution in [2.75, 3.05) is 11.9 Å². The maximum absolute atomic E-state index is 12.9. The Morgan fingerprint density at radius 1 is 1.29 bits per heavy atom. The number of esters is 1. The van der Waals surface area contributed by atoms with Crippen LogP contribution in [0.15, 0.2) is 40.8 Å². The fraction of sp³-hybridized carbons (Fsp3) is 0.263. The lowest BCUT2D eigenvalue weighted by Gasteiger charge is -2.08. The fourth-order valence-electron chi connectivity index (χ4n) is 2.51. The Morgan fingerprint density at radius 3 is 2.75 bits per heavy atom. The third-order valence-corrected chi connectivity index (χ3v) is 4.84. The molecule has 1 N–H and O–H groups in total. The molecule has 0 aliphatic heterocycles. The van der Waals surface area contributed by atoms with Crippen LogP contribution in [0.2, 0.25) is 0 Å². The zero-order valence-corrected chi connectivity index (χ0v) is 15.9. The number of amides is 1. The van der Waals surface area contributed by atoms with E-state index in [2.05, 4.69) is 10.3 Å². The molecule has 0 fully saturated rings. The number of rotatable bonds is 7. The number of benzene rings is 1. The standard InChI is InChI=1S/C19H18FN3O4S/c1-2-3-8-27-19(26)14-10-28-17-16(14)18(25)23(11-21-17)9-15(24)22-13-6-4-12(20)5-7-13/h4-7,10-11H,2-3,8-9H2,1H3,(H,22,24). The summed E-state index contributed by atoms with van der Waals surface area (Å²) in [5.74, 6) is -1.47. The van der Waals surface area contributed by atoms with Crippen molar-refractivity contribution in [3.05, 3.63) is 57.7 Å². The van der Waals surface area contributed by atoms with E-state index in [1.807, 2.05) is 6.92 Å². The van der Waals surface area contributed by atoms with Crippen molar-refractivity contribution in [1.82, 2.24) is 9.55 Å². The minimum Gasteiger partial charge on any atom is -0.462 e. The molecule has 146 valence electrons. The van der Waals surface area contributed by atoms with E-state index in [-0.39, 0.29) is 24.1 Å². The average Bonchev–Trinajstić information content (AvgIpc) is 3.11. The molecular formula is C19H18FN3O4S. The number of carbonyl (C=O) groups excluding carboxylic acids is 2. The summed E-state index contributed by atoms with van der Waals surface area (Å²) >= 11 is 1.17. The number of hydrogen-bond donors (Lipinski definition) is 1. The molecule has 0 unspecified atom stereocenters. The zero-order valence-electron chi connectivity index (χ0n) is 15.1.